The van der Waals surface area contributed by atoms with Crippen LogP contribution >= 0.6 is 11.6 Å². The van der Waals surface area contributed by atoms with Gasteiger partial charge in [0.15, 0.2) is 16.4 Å². The first-order valence-electron chi connectivity index (χ1n) is 8.86. The lowest BCUT2D eigenvalue weighted by Gasteiger charge is -2.31. The monoisotopic (exact) mass is 407 g/mol. The van der Waals surface area contributed by atoms with E-state index < -0.39 is 15.1 Å². The van der Waals surface area contributed by atoms with E-state index in [0.717, 1.165) is 5.56 Å². The van der Waals surface area contributed by atoms with E-state index in [-0.39, 0.29) is 18.3 Å². The molecule has 1 heterocycles. The van der Waals surface area contributed by atoms with Gasteiger partial charge in [0.1, 0.15) is 5.75 Å². The molecule has 0 atom stereocenters. The predicted octanol–water partition coefficient (Wildman–Crippen LogP) is 3.32. The van der Waals surface area contributed by atoms with Crippen molar-refractivity contribution in [1.29, 1.82) is 0 Å². The van der Waals surface area contributed by atoms with Gasteiger partial charge in [-0.3, -0.25) is 4.79 Å². The van der Waals surface area contributed by atoms with Gasteiger partial charge in [-0.1, -0.05) is 41.9 Å². The number of nitrogens with zero attached hydrogens (tertiary/aromatic N) is 1. The molecule has 0 aliphatic carbocycles. The van der Waals surface area contributed by atoms with Gasteiger partial charge >= 0.3 is 0 Å². The Balaban J connectivity index is 1.49. The van der Waals surface area contributed by atoms with Crippen LogP contribution in [-0.4, -0.2) is 44.2 Å². The second kappa shape index (κ2) is 8.76. The molecular weight excluding hydrogens is 386 g/mol. The van der Waals surface area contributed by atoms with Gasteiger partial charge in [0.05, 0.1) is 11.0 Å². The fourth-order valence-electron chi connectivity index (χ4n) is 3.16. The van der Waals surface area contributed by atoms with Crippen molar-refractivity contribution in [2.24, 2.45) is 0 Å². The van der Waals surface area contributed by atoms with Gasteiger partial charge in [-0.05, 0) is 42.7 Å². The first kappa shape index (κ1) is 19.7. The molecule has 0 aromatic heterocycles. The van der Waals surface area contributed by atoms with Gasteiger partial charge in [-0.15, -0.1) is 0 Å². The van der Waals surface area contributed by atoms with E-state index in [1.165, 1.54) is 0 Å². The number of sulfone groups is 1. The third-order valence-corrected chi connectivity index (χ3v) is 7.16. The minimum atomic E-state index is -3.23. The summed E-state index contributed by atoms with van der Waals surface area (Å²) < 4.78 is 30.7. The molecule has 2 aromatic rings. The van der Waals surface area contributed by atoms with Crippen LogP contribution in [0.25, 0.3) is 0 Å². The number of hydrogen-bond acceptors (Lipinski definition) is 4. The normalized spacial score (nSPS) is 15.5. The van der Waals surface area contributed by atoms with Gasteiger partial charge in [0.25, 0.3) is 5.91 Å². The van der Waals surface area contributed by atoms with E-state index in [1.54, 1.807) is 29.2 Å². The van der Waals surface area contributed by atoms with Crippen molar-refractivity contribution in [1.82, 2.24) is 4.90 Å². The lowest BCUT2D eigenvalue weighted by atomic mass is 10.1. The van der Waals surface area contributed by atoms with E-state index in [0.29, 0.717) is 36.7 Å². The second-order valence-corrected chi connectivity index (χ2v) is 9.33. The highest BCUT2D eigenvalue weighted by atomic mass is 35.5. The van der Waals surface area contributed by atoms with Crippen molar-refractivity contribution < 1.29 is 17.9 Å². The van der Waals surface area contributed by atoms with Crippen molar-refractivity contribution in [3.05, 3.63) is 65.2 Å². The van der Waals surface area contributed by atoms with Crippen LogP contribution in [0.3, 0.4) is 0 Å². The Labute approximate surface area is 164 Å². The molecule has 1 saturated heterocycles. The molecular formula is C20H22ClNO4S. The summed E-state index contributed by atoms with van der Waals surface area (Å²) in [6.45, 7) is 0.798. The topological polar surface area (TPSA) is 63.7 Å². The first-order chi connectivity index (χ1) is 12.9. The minimum Gasteiger partial charge on any atom is -0.484 e. The zero-order chi connectivity index (χ0) is 19.3. The van der Waals surface area contributed by atoms with Crippen molar-refractivity contribution in [2.45, 2.75) is 23.8 Å². The van der Waals surface area contributed by atoms with Gasteiger partial charge < -0.3 is 9.64 Å². The number of carbonyl (C=O) groups is 1. The standard InChI is InChI=1S/C20H22ClNO4S/c21-17-6-8-18(9-7-17)26-14-20(23)22-12-10-19(11-13-22)27(24,25)15-16-4-2-1-3-5-16/h1-9,19H,10-15H2. The van der Waals surface area contributed by atoms with Gasteiger partial charge in [0, 0.05) is 18.1 Å². The highest BCUT2D eigenvalue weighted by Crippen LogP contribution is 2.22. The quantitative estimate of drug-likeness (QED) is 0.736. The number of ether oxygens (including phenoxy) is 1. The molecule has 7 heteroatoms. The Kier molecular flexibility index (Phi) is 6.39. The van der Waals surface area contributed by atoms with Gasteiger partial charge in [-0.25, -0.2) is 8.42 Å². The van der Waals surface area contributed by atoms with Crippen molar-refractivity contribution in [3.8, 4) is 5.75 Å². The summed E-state index contributed by atoms with van der Waals surface area (Å²) >= 11 is 5.82. The summed E-state index contributed by atoms with van der Waals surface area (Å²) in [5.74, 6) is 0.489. The van der Waals surface area contributed by atoms with Crippen LogP contribution in [-0.2, 0) is 20.4 Å². The second-order valence-electron chi connectivity index (χ2n) is 6.62. The number of rotatable bonds is 6. The maximum Gasteiger partial charge on any atom is 0.260 e. The van der Waals surface area contributed by atoms with Crippen LogP contribution < -0.4 is 4.74 Å². The summed E-state index contributed by atoms with van der Waals surface area (Å²) in [6.07, 6.45) is 0.920. The molecule has 144 valence electrons. The average Bonchev–Trinajstić information content (AvgIpc) is 2.68. The largest absolute Gasteiger partial charge is 0.484 e. The van der Waals surface area contributed by atoms with Crippen molar-refractivity contribution >= 4 is 27.3 Å². The van der Waals surface area contributed by atoms with Crippen molar-refractivity contribution in [2.75, 3.05) is 19.7 Å². The molecule has 1 aliphatic rings. The zero-order valence-corrected chi connectivity index (χ0v) is 16.5. The van der Waals surface area contributed by atoms with E-state index in [2.05, 4.69) is 0 Å². The summed E-state index contributed by atoms with van der Waals surface area (Å²) in [7, 11) is -3.23. The van der Waals surface area contributed by atoms with E-state index in [9.17, 15) is 13.2 Å². The number of halogens is 1. The fraction of sp³-hybridized carbons (Fsp3) is 0.350. The number of benzene rings is 2. The first-order valence-corrected chi connectivity index (χ1v) is 10.9. The summed E-state index contributed by atoms with van der Waals surface area (Å²) in [4.78, 5) is 14.0. The third kappa shape index (κ3) is 5.47. The Morgan fingerprint density at radius 1 is 1.04 bits per heavy atom. The maximum atomic E-state index is 12.6. The minimum absolute atomic E-state index is 0.0477. The van der Waals surface area contributed by atoms with Crippen LogP contribution in [0.4, 0.5) is 0 Å². The van der Waals surface area contributed by atoms with Crippen LogP contribution in [0.15, 0.2) is 54.6 Å². The van der Waals surface area contributed by atoms with Crippen molar-refractivity contribution in [3.63, 3.8) is 0 Å². The van der Waals surface area contributed by atoms with Crippen LogP contribution in [0, 0.1) is 0 Å². The van der Waals surface area contributed by atoms with Gasteiger partial charge in [-0.2, -0.15) is 0 Å². The number of amides is 1. The molecule has 0 saturated carbocycles. The summed E-state index contributed by atoms with van der Waals surface area (Å²) in [6, 6.07) is 16.0. The summed E-state index contributed by atoms with van der Waals surface area (Å²) in [5.41, 5.74) is 0.798. The molecule has 0 N–H and O–H groups in total. The van der Waals surface area contributed by atoms with Crippen LogP contribution in [0.1, 0.15) is 18.4 Å². The number of carbonyl (C=O) groups excluding carboxylic acids is 1. The highest BCUT2D eigenvalue weighted by molar-refractivity contribution is 7.91. The van der Waals surface area contributed by atoms with E-state index >= 15 is 0 Å². The van der Waals surface area contributed by atoms with E-state index in [1.807, 2.05) is 30.3 Å². The SMILES string of the molecule is O=C(COc1ccc(Cl)cc1)N1CCC(S(=O)(=O)Cc2ccccc2)CC1. The molecule has 1 aliphatic heterocycles. The molecule has 27 heavy (non-hydrogen) atoms. The lowest BCUT2D eigenvalue weighted by molar-refractivity contribution is -0.134. The van der Waals surface area contributed by atoms with E-state index in [4.69, 9.17) is 16.3 Å². The predicted molar refractivity (Wildman–Crippen MR) is 106 cm³/mol. The number of piperidine rings is 1. The molecule has 3 rings (SSSR count). The summed E-state index contributed by atoms with van der Waals surface area (Å²) in [5, 5.41) is 0.200. The van der Waals surface area contributed by atoms with Crippen LogP contribution in [0.2, 0.25) is 5.02 Å². The Morgan fingerprint density at radius 3 is 2.30 bits per heavy atom. The smallest absolute Gasteiger partial charge is 0.260 e. The fourth-order valence-corrected chi connectivity index (χ4v) is 5.10. The Morgan fingerprint density at radius 2 is 1.67 bits per heavy atom. The number of hydrogen-bond donors (Lipinski definition) is 0. The van der Waals surface area contributed by atoms with Gasteiger partial charge in [0.2, 0.25) is 0 Å². The lowest BCUT2D eigenvalue weighted by Crippen LogP contribution is -2.44. The molecule has 0 bridgehead atoms. The average molecular weight is 408 g/mol. The zero-order valence-electron chi connectivity index (χ0n) is 14.9. The Bertz CT molecular complexity index is 861. The molecule has 5 nitrogen and oxygen atoms in total. The maximum absolute atomic E-state index is 12.6. The highest BCUT2D eigenvalue weighted by Gasteiger charge is 2.31. The third-order valence-electron chi connectivity index (χ3n) is 4.69. The molecule has 1 fully saturated rings. The molecule has 1 amide bonds. The molecule has 0 radical (unpaired) electrons. The molecule has 2 aromatic carbocycles. The molecule has 0 spiro atoms. The van der Waals surface area contributed by atoms with Crippen LogP contribution in [0.5, 0.6) is 5.75 Å². The number of likely N-dealkylation sites (tertiary alicyclic amines) is 1. The Hall–Kier alpha value is -2.05. The molecule has 0 unspecified atom stereocenters.